The number of carbonyl (C=O) groups excluding carboxylic acids is 1. The van der Waals surface area contributed by atoms with E-state index in [0.717, 1.165) is 5.82 Å². The Kier molecular flexibility index (Phi) is 4.26. The molecule has 1 atom stereocenters. The van der Waals surface area contributed by atoms with Crippen LogP contribution < -0.4 is 10.6 Å². The van der Waals surface area contributed by atoms with Gasteiger partial charge in [-0.2, -0.15) is 0 Å². The van der Waals surface area contributed by atoms with Crippen molar-refractivity contribution >= 4 is 28.3 Å². The van der Waals surface area contributed by atoms with Crippen LogP contribution in [0.25, 0.3) is 0 Å². The van der Waals surface area contributed by atoms with Crippen molar-refractivity contribution in [2.75, 3.05) is 24.5 Å². The third kappa shape index (κ3) is 3.32. The highest BCUT2D eigenvalue weighted by Crippen LogP contribution is 2.24. The maximum atomic E-state index is 11.6. The summed E-state index contributed by atoms with van der Waals surface area (Å²) in [7, 11) is 0. The van der Waals surface area contributed by atoms with E-state index in [4.69, 9.17) is 5.73 Å². The summed E-state index contributed by atoms with van der Waals surface area (Å²) < 4.78 is 0. The maximum absolute atomic E-state index is 11.6. The Morgan fingerprint density at radius 2 is 2.30 bits per heavy atom. The molecule has 3 heterocycles. The zero-order valence-corrected chi connectivity index (χ0v) is 13.0. The number of amides is 1. The average molecular weight is 336 g/mol. The van der Waals surface area contributed by atoms with Crippen LogP contribution in [0.15, 0.2) is 17.8 Å². The van der Waals surface area contributed by atoms with E-state index in [1.165, 1.54) is 11.3 Å². The van der Waals surface area contributed by atoms with E-state index < -0.39 is 17.9 Å². The monoisotopic (exact) mass is 336 g/mol. The van der Waals surface area contributed by atoms with Crippen LogP contribution in [0, 0.1) is 0 Å². The third-order valence-corrected chi connectivity index (χ3v) is 4.60. The summed E-state index contributed by atoms with van der Waals surface area (Å²) in [6.07, 6.45) is 3.35. The van der Waals surface area contributed by atoms with Gasteiger partial charge in [0.2, 0.25) is 0 Å². The highest BCUT2D eigenvalue weighted by molar-refractivity contribution is 7.13. The number of aromatic amines is 1. The predicted molar refractivity (Wildman–Crippen MR) is 83.3 cm³/mol. The van der Waals surface area contributed by atoms with Crippen LogP contribution in [-0.2, 0) is 11.3 Å². The van der Waals surface area contributed by atoms with E-state index in [-0.39, 0.29) is 5.69 Å². The second-order valence-corrected chi connectivity index (χ2v) is 6.02. The van der Waals surface area contributed by atoms with Crippen molar-refractivity contribution < 1.29 is 14.7 Å². The number of anilines is 1. The number of aliphatic carboxylic acids is 1. The molecule has 10 heteroatoms. The standard InChI is InChI=1S/C13H16N6O3S/c14-11(20)8-7-23-13(17-8)19-4-3-18(9(5-19)12(21)22)6-10-15-1-2-16-10/h1-2,7,9H,3-6H2,(H2,14,20)(H,15,16)(H,21,22)/t9-/m1/s1. The van der Waals surface area contributed by atoms with Gasteiger partial charge in [0.1, 0.15) is 17.6 Å². The summed E-state index contributed by atoms with van der Waals surface area (Å²) >= 11 is 1.29. The number of rotatable bonds is 5. The summed E-state index contributed by atoms with van der Waals surface area (Å²) in [5, 5.41) is 11.7. The number of nitrogens with zero attached hydrogens (tertiary/aromatic N) is 4. The van der Waals surface area contributed by atoms with Gasteiger partial charge in [0.15, 0.2) is 5.13 Å². The molecule has 1 amide bonds. The number of carboxylic acids is 1. The van der Waals surface area contributed by atoms with E-state index in [9.17, 15) is 14.7 Å². The molecule has 0 aliphatic carbocycles. The molecule has 3 rings (SSSR count). The van der Waals surface area contributed by atoms with Crippen LogP contribution in [0.4, 0.5) is 5.13 Å². The predicted octanol–water partition coefficient (Wildman–Crippen LogP) is -0.260. The van der Waals surface area contributed by atoms with Crippen LogP contribution in [0.3, 0.4) is 0 Å². The summed E-state index contributed by atoms with van der Waals surface area (Å²) in [5.74, 6) is -0.748. The molecule has 4 N–H and O–H groups in total. The number of piperazine rings is 1. The minimum Gasteiger partial charge on any atom is -0.480 e. The lowest BCUT2D eigenvalue weighted by atomic mass is 10.1. The van der Waals surface area contributed by atoms with Crippen molar-refractivity contribution in [3.05, 3.63) is 29.3 Å². The molecule has 0 saturated carbocycles. The fourth-order valence-electron chi connectivity index (χ4n) is 2.52. The number of hydrogen-bond donors (Lipinski definition) is 3. The molecule has 2 aromatic heterocycles. The second-order valence-electron chi connectivity index (χ2n) is 5.19. The van der Waals surface area contributed by atoms with Crippen molar-refractivity contribution in [2.24, 2.45) is 5.73 Å². The van der Waals surface area contributed by atoms with E-state index >= 15 is 0 Å². The number of carboxylic acid groups (broad SMARTS) is 1. The lowest BCUT2D eigenvalue weighted by Crippen LogP contribution is -2.56. The molecule has 0 bridgehead atoms. The normalized spacial score (nSPS) is 19.0. The minimum atomic E-state index is -0.895. The van der Waals surface area contributed by atoms with Gasteiger partial charge in [-0.25, -0.2) is 9.97 Å². The number of aromatic nitrogens is 3. The fourth-order valence-corrected chi connectivity index (χ4v) is 3.37. The fraction of sp³-hybridized carbons (Fsp3) is 0.385. The molecule has 0 unspecified atom stereocenters. The number of hydrogen-bond acceptors (Lipinski definition) is 7. The molecule has 1 fully saturated rings. The van der Waals surface area contributed by atoms with Gasteiger partial charge >= 0.3 is 5.97 Å². The van der Waals surface area contributed by atoms with Gasteiger partial charge in [0.25, 0.3) is 5.91 Å². The summed E-state index contributed by atoms with van der Waals surface area (Å²) in [6, 6.07) is -0.672. The molecule has 23 heavy (non-hydrogen) atoms. The molecule has 0 aromatic carbocycles. The minimum absolute atomic E-state index is 0.204. The number of H-pyrrole nitrogens is 1. The number of nitrogens with one attached hydrogen (secondary N) is 1. The Morgan fingerprint density at radius 3 is 2.91 bits per heavy atom. The Hall–Kier alpha value is -2.46. The first-order valence-electron chi connectivity index (χ1n) is 7.00. The van der Waals surface area contributed by atoms with Crippen LogP contribution in [0.5, 0.6) is 0 Å². The Balaban J connectivity index is 1.72. The Morgan fingerprint density at radius 1 is 1.48 bits per heavy atom. The second kappa shape index (κ2) is 6.34. The summed E-state index contributed by atoms with van der Waals surface area (Å²) in [6.45, 7) is 1.92. The van der Waals surface area contributed by atoms with Crippen molar-refractivity contribution in [1.29, 1.82) is 0 Å². The third-order valence-electron chi connectivity index (χ3n) is 3.70. The van der Waals surface area contributed by atoms with E-state index in [1.54, 1.807) is 17.8 Å². The van der Waals surface area contributed by atoms with E-state index in [0.29, 0.717) is 31.3 Å². The van der Waals surface area contributed by atoms with Gasteiger partial charge in [0.05, 0.1) is 6.54 Å². The van der Waals surface area contributed by atoms with Crippen molar-refractivity contribution in [3.63, 3.8) is 0 Å². The van der Waals surface area contributed by atoms with Crippen molar-refractivity contribution in [1.82, 2.24) is 19.9 Å². The largest absolute Gasteiger partial charge is 0.480 e. The molecule has 1 aliphatic heterocycles. The molecule has 2 aromatic rings. The van der Waals surface area contributed by atoms with Gasteiger partial charge in [-0.15, -0.1) is 11.3 Å². The number of imidazole rings is 1. The average Bonchev–Trinajstić information content (AvgIpc) is 3.18. The van der Waals surface area contributed by atoms with Crippen LogP contribution in [0.1, 0.15) is 16.3 Å². The van der Waals surface area contributed by atoms with Crippen LogP contribution in [-0.4, -0.2) is 62.5 Å². The zero-order chi connectivity index (χ0) is 16.4. The van der Waals surface area contributed by atoms with Gasteiger partial charge in [-0.3, -0.25) is 14.5 Å². The molecule has 122 valence electrons. The van der Waals surface area contributed by atoms with Gasteiger partial charge in [-0.05, 0) is 0 Å². The number of thiazole rings is 1. The van der Waals surface area contributed by atoms with Gasteiger partial charge in [0, 0.05) is 37.4 Å². The molecular weight excluding hydrogens is 320 g/mol. The van der Waals surface area contributed by atoms with Crippen molar-refractivity contribution in [3.8, 4) is 0 Å². The van der Waals surface area contributed by atoms with Gasteiger partial charge in [-0.1, -0.05) is 0 Å². The zero-order valence-electron chi connectivity index (χ0n) is 12.2. The number of nitrogens with two attached hydrogens (primary N) is 1. The SMILES string of the molecule is NC(=O)c1csc(N2CCN(Cc3ncc[nH]3)[C@@H](C(=O)O)C2)n1. The lowest BCUT2D eigenvalue weighted by molar-refractivity contribution is -0.143. The number of carbonyl (C=O) groups is 2. The molecule has 1 saturated heterocycles. The maximum Gasteiger partial charge on any atom is 0.322 e. The van der Waals surface area contributed by atoms with Crippen molar-refractivity contribution in [2.45, 2.75) is 12.6 Å². The van der Waals surface area contributed by atoms with Crippen LogP contribution in [0.2, 0.25) is 0 Å². The highest BCUT2D eigenvalue weighted by atomic mass is 32.1. The number of primary amides is 1. The first-order chi connectivity index (χ1) is 11.0. The Bertz CT molecular complexity index is 700. The quantitative estimate of drug-likeness (QED) is 0.686. The summed E-state index contributed by atoms with van der Waals surface area (Å²) in [5.41, 5.74) is 5.41. The highest BCUT2D eigenvalue weighted by Gasteiger charge is 2.33. The molecule has 0 radical (unpaired) electrons. The molecular formula is C13H16N6O3S. The van der Waals surface area contributed by atoms with Crippen LogP contribution >= 0.6 is 11.3 Å². The lowest BCUT2D eigenvalue weighted by Gasteiger charge is -2.38. The van der Waals surface area contributed by atoms with E-state index in [2.05, 4.69) is 15.0 Å². The van der Waals surface area contributed by atoms with Gasteiger partial charge < -0.3 is 20.7 Å². The molecule has 1 aliphatic rings. The first-order valence-corrected chi connectivity index (χ1v) is 7.88. The Labute approximate surface area is 135 Å². The molecule has 9 nitrogen and oxygen atoms in total. The topological polar surface area (TPSA) is 128 Å². The summed E-state index contributed by atoms with van der Waals surface area (Å²) in [4.78, 5) is 37.7. The van der Waals surface area contributed by atoms with E-state index in [1.807, 2.05) is 9.80 Å². The smallest absolute Gasteiger partial charge is 0.322 e. The molecule has 0 spiro atoms. The first kappa shape index (κ1) is 15.4.